The Kier molecular flexibility index (Phi) is 5.07. The Labute approximate surface area is 148 Å². The second-order valence-corrected chi connectivity index (χ2v) is 6.16. The highest BCUT2D eigenvalue weighted by Crippen LogP contribution is 2.30. The van der Waals surface area contributed by atoms with Crippen LogP contribution in [0.5, 0.6) is 5.75 Å². The molecule has 0 spiro atoms. The number of benzene rings is 2. The van der Waals surface area contributed by atoms with Gasteiger partial charge >= 0.3 is 0 Å². The van der Waals surface area contributed by atoms with Gasteiger partial charge in [0.15, 0.2) is 6.61 Å². The van der Waals surface area contributed by atoms with Gasteiger partial charge in [-0.05, 0) is 30.3 Å². The minimum Gasteiger partial charge on any atom is -0.479 e. The van der Waals surface area contributed by atoms with Crippen molar-refractivity contribution in [3.63, 3.8) is 0 Å². The van der Waals surface area contributed by atoms with E-state index in [0.717, 1.165) is 0 Å². The van der Waals surface area contributed by atoms with Crippen molar-refractivity contribution in [1.29, 1.82) is 5.26 Å². The molecule has 1 aromatic heterocycles. The van der Waals surface area contributed by atoms with Gasteiger partial charge in [0, 0.05) is 22.2 Å². The number of nitriles is 1. The minimum atomic E-state index is -0.321. The molecule has 4 nitrogen and oxygen atoms in total. The van der Waals surface area contributed by atoms with Gasteiger partial charge < -0.3 is 10.1 Å². The molecular weight excluding hydrogens is 339 g/mol. The SMILES string of the molecule is N#CCOc1cccc(NC(=O)c2ccc(-c3ccccc3F)s2)c1. The number of hydrogen-bond donors (Lipinski definition) is 1. The number of amides is 1. The molecule has 1 heterocycles. The van der Waals surface area contributed by atoms with Crippen molar-refractivity contribution in [2.75, 3.05) is 11.9 Å². The Bertz CT molecular complexity index is 946. The zero-order valence-corrected chi connectivity index (χ0v) is 13.8. The van der Waals surface area contributed by atoms with Gasteiger partial charge in [0.25, 0.3) is 5.91 Å². The Hall–Kier alpha value is -3.17. The van der Waals surface area contributed by atoms with Crippen LogP contribution in [0.1, 0.15) is 9.67 Å². The lowest BCUT2D eigenvalue weighted by Crippen LogP contribution is -2.10. The Morgan fingerprint density at radius 2 is 2.00 bits per heavy atom. The van der Waals surface area contributed by atoms with E-state index in [2.05, 4.69) is 5.32 Å². The van der Waals surface area contributed by atoms with Gasteiger partial charge in [-0.15, -0.1) is 11.3 Å². The number of hydrogen-bond acceptors (Lipinski definition) is 4. The van der Waals surface area contributed by atoms with E-state index >= 15 is 0 Å². The second kappa shape index (κ2) is 7.60. The summed E-state index contributed by atoms with van der Waals surface area (Å²) in [5, 5.41) is 11.3. The van der Waals surface area contributed by atoms with Gasteiger partial charge in [0.05, 0.1) is 4.88 Å². The molecule has 0 aliphatic heterocycles. The molecule has 0 saturated heterocycles. The van der Waals surface area contributed by atoms with Gasteiger partial charge in [-0.25, -0.2) is 4.39 Å². The monoisotopic (exact) mass is 352 g/mol. The summed E-state index contributed by atoms with van der Waals surface area (Å²) in [6, 6.07) is 18.5. The summed E-state index contributed by atoms with van der Waals surface area (Å²) in [5.74, 6) is -0.110. The van der Waals surface area contributed by atoms with E-state index in [9.17, 15) is 9.18 Å². The van der Waals surface area contributed by atoms with Crippen molar-refractivity contribution in [3.05, 3.63) is 71.4 Å². The van der Waals surface area contributed by atoms with Gasteiger partial charge in [-0.2, -0.15) is 5.26 Å². The third-order valence-electron chi connectivity index (χ3n) is 3.36. The van der Waals surface area contributed by atoms with Gasteiger partial charge in [-0.1, -0.05) is 24.3 Å². The van der Waals surface area contributed by atoms with E-state index < -0.39 is 0 Å². The topological polar surface area (TPSA) is 62.1 Å². The summed E-state index contributed by atoms with van der Waals surface area (Å²) in [7, 11) is 0. The highest BCUT2D eigenvalue weighted by Gasteiger charge is 2.13. The molecule has 0 atom stereocenters. The number of ether oxygens (including phenoxy) is 1. The van der Waals surface area contributed by atoms with Crippen LogP contribution in [0.2, 0.25) is 0 Å². The van der Waals surface area contributed by atoms with Gasteiger partial charge in [0.2, 0.25) is 0 Å². The van der Waals surface area contributed by atoms with Crippen molar-refractivity contribution in [2.24, 2.45) is 0 Å². The standard InChI is InChI=1S/C19H13FN2O2S/c20-16-7-2-1-6-15(16)17-8-9-18(25-17)19(23)22-13-4-3-5-14(12-13)24-11-10-21/h1-9,12H,11H2,(H,22,23). The lowest BCUT2D eigenvalue weighted by Gasteiger charge is -2.06. The molecule has 6 heteroatoms. The number of anilines is 1. The number of carbonyl (C=O) groups is 1. The highest BCUT2D eigenvalue weighted by molar-refractivity contribution is 7.17. The highest BCUT2D eigenvalue weighted by atomic mass is 32.1. The molecule has 0 radical (unpaired) electrons. The molecule has 3 aromatic rings. The van der Waals surface area contributed by atoms with Crippen molar-refractivity contribution in [2.45, 2.75) is 0 Å². The molecule has 124 valence electrons. The number of thiophene rings is 1. The molecule has 0 saturated carbocycles. The summed E-state index contributed by atoms with van der Waals surface area (Å²) < 4.78 is 19.1. The van der Waals surface area contributed by atoms with Crippen LogP contribution in [0.15, 0.2) is 60.7 Å². The molecule has 25 heavy (non-hydrogen) atoms. The zero-order chi connectivity index (χ0) is 17.6. The summed E-state index contributed by atoms with van der Waals surface area (Å²) in [6.07, 6.45) is 0. The number of halogens is 1. The maximum absolute atomic E-state index is 13.8. The average Bonchev–Trinajstić information content (AvgIpc) is 3.11. The molecule has 0 unspecified atom stereocenters. The molecule has 1 N–H and O–H groups in total. The summed E-state index contributed by atoms with van der Waals surface area (Å²) >= 11 is 1.22. The first-order valence-corrected chi connectivity index (χ1v) is 8.25. The average molecular weight is 352 g/mol. The lowest BCUT2D eigenvalue weighted by molar-refractivity contribution is 0.103. The molecular formula is C19H13FN2O2S. The van der Waals surface area contributed by atoms with Crippen LogP contribution in [0.3, 0.4) is 0 Å². The summed E-state index contributed by atoms with van der Waals surface area (Å²) in [6.45, 7) is -0.0612. The van der Waals surface area contributed by atoms with Crippen LogP contribution < -0.4 is 10.1 Å². The Morgan fingerprint density at radius 1 is 1.16 bits per heavy atom. The first-order valence-electron chi connectivity index (χ1n) is 7.43. The first kappa shape index (κ1) is 16.7. The predicted molar refractivity (Wildman–Crippen MR) is 95.2 cm³/mol. The van der Waals surface area contributed by atoms with Crippen LogP contribution in [-0.2, 0) is 0 Å². The fourth-order valence-corrected chi connectivity index (χ4v) is 3.17. The predicted octanol–water partition coefficient (Wildman–Crippen LogP) is 4.71. The second-order valence-electron chi connectivity index (χ2n) is 5.07. The van der Waals surface area contributed by atoms with Crippen molar-refractivity contribution in [1.82, 2.24) is 0 Å². The lowest BCUT2D eigenvalue weighted by atomic mass is 10.2. The van der Waals surface area contributed by atoms with Crippen LogP contribution >= 0.6 is 11.3 Å². The van der Waals surface area contributed by atoms with Gasteiger partial charge in [0.1, 0.15) is 17.6 Å². The molecule has 2 aromatic carbocycles. The fraction of sp³-hybridized carbons (Fsp3) is 0.0526. The van der Waals surface area contributed by atoms with Crippen LogP contribution in [0.4, 0.5) is 10.1 Å². The van der Waals surface area contributed by atoms with Crippen molar-refractivity contribution in [3.8, 4) is 22.3 Å². The van der Waals surface area contributed by atoms with Crippen molar-refractivity contribution < 1.29 is 13.9 Å². The number of nitrogens with zero attached hydrogens (tertiary/aromatic N) is 1. The molecule has 0 fully saturated rings. The first-order chi connectivity index (χ1) is 12.2. The van der Waals surface area contributed by atoms with Crippen LogP contribution in [-0.4, -0.2) is 12.5 Å². The summed E-state index contributed by atoms with van der Waals surface area (Å²) in [4.78, 5) is 13.5. The maximum Gasteiger partial charge on any atom is 0.265 e. The van der Waals surface area contributed by atoms with E-state index in [-0.39, 0.29) is 18.3 Å². The number of rotatable bonds is 5. The number of carbonyl (C=O) groups excluding carboxylic acids is 1. The maximum atomic E-state index is 13.8. The Balaban J connectivity index is 1.74. The normalized spacial score (nSPS) is 10.1. The third-order valence-corrected chi connectivity index (χ3v) is 4.48. The largest absolute Gasteiger partial charge is 0.479 e. The van der Waals surface area contributed by atoms with Crippen LogP contribution in [0.25, 0.3) is 10.4 Å². The number of nitrogens with one attached hydrogen (secondary N) is 1. The smallest absolute Gasteiger partial charge is 0.265 e. The minimum absolute atomic E-state index is 0.0612. The zero-order valence-electron chi connectivity index (χ0n) is 13.0. The quantitative estimate of drug-likeness (QED) is 0.723. The molecule has 0 aliphatic carbocycles. The van der Waals surface area contributed by atoms with E-state index in [4.69, 9.17) is 10.00 Å². The molecule has 0 bridgehead atoms. The molecule has 1 amide bonds. The molecule has 3 rings (SSSR count). The van der Waals surface area contributed by atoms with Crippen molar-refractivity contribution >= 4 is 22.9 Å². The van der Waals surface area contributed by atoms with E-state index in [1.165, 1.54) is 17.4 Å². The van der Waals surface area contributed by atoms with E-state index in [1.54, 1.807) is 54.6 Å². The van der Waals surface area contributed by atoms with Gasteiger partial charge in [-0.3, -0.25) is 4.79 Å². The summed E-state index contributed by atoms with van der Waals surface area (Å²) in [5.41, 5.74) is 1.03. The van der Waals surface area contributed by atoms with Crippen LogP contribution in [0, 0.1) is 17.1 Å². The third kappa shape index (κ3) is 4.03. The van der Waals surface area contributed by atoms with E-state index in [1.807, 2.05) is 6.07 Å². The molecule has 0 aliphatic rings. The Morgan fingerprint density at radius 3 is 2.80 bits per heavy atom. The fourth-order valence-electron chi connectivity index (χ4n) is 2.24. The van der Waals surface area contributed by atoms with E-state index in [0.29, 0.717) is 26.8 Å².